The molecule has 1 aliphatic heterocycles. The molecule has 6 atom stereocenters. The number of hydrogen-bond acceptors (Lipinski definition) is 7. The number of aromatic nitrogens is 5. The molecule has 12 heteroatoms. The number of nitrogens with one attached hydrogen (secondary N) is 4. The Bertz CT molecular complexity index is 2240. The Morgan fingerprint density at radius 1 is 0.810 bits per heavy atom. The number of hydrogen-bond donors (Lipinski definition) is 4. The zero-order valence-electron chi connectivity index (χ0n) is 34.0. The molecule has 2 saturated carbocycles. The summed E-state index contributed by atoms with van der Waals surface area (Å²) in [5.74, 6) is 2.69. The first-order valence-electron chi connectivity index (χ1n) is 20.8. The van der Waals surface area contributed by atoms with E-state index in [1.54, 1.807) is 0 Å². The first-order chi connectivity index (χ1) is 28.1. The second-order valence-electron chi connectivity index (χ2n) is 16.9. The number of H-pyrrole nitrogens is 2. The minimum Gasteiger partial charge on any atom is -0.453 e. The summed E-state index contributed by atoms with van der Waals surface area (Å²) in [5.41, 5.74) is 8.17. The van der Waals surface area contributed by atoms with E-state index in [4.69, 9.17) is 14.7 Å². The SMILES string of the molecule is COC(=O)N[C@H](C(=O)N1CCC[C@H]1c1ncc(-c2ccc(-c3ccc(-c4cnc([C@H]5C6CCC(C6)[C@@H]5C(=O)NCc5cccnc5C(C)C)[nH]4)cc3)cc2)[nH]1)C(C)C. The number of carbonyl (C=O) groups excluding carboxylic acids is 3. The van der Waals surface area contributed by atoms with Crippen molar-refractivity contribution in [3.8, 4) is 33.6 Å². The molecule has 302 valence electrons. The smallest absolute Gasteiger partial charge is 0.407 e. The molecule has 58 heavy (non-hydrogen) atoms. The van der Waals surface area contributed by atoms with Gasteiger partial charge >= 0.3 is 6.09 Å². The van der Waals surface area contributed by atoms with Crippen molar-refractivity contribution < 1.29 is 19.1 Å². The van der Waals surface area contributed by atoms with Gasteiger partial charge in [-0.1, -0.05) is 82.3 Å². The molecule has 12 nitrogen and oxygen atoms in total. The van der Waals surface area contributed by atoms with Crippen LogP contribution in [0.2, 0.25) is 0 Å². The maximum Gasteiger partial charge on any atom is 0.407 e. The van der Waals surface area contributed by atoms with Crippen LogP contribution in [-0.2, 0) is 20.9 Å². The maximum absolute atomic E-state index is 13.8. The van der Waals surface area contributed by atoms with E-state index in [1.807, 2.05) is 43.4 Å². The molecular formula is C46H54N8O4. The number of alkyl carbamates (subject to hydrolysis) is 1. The van der Waals surface area contributed by atoms with Crippen LogP contribution in [0.1, 0.15) is 101 Å². The molecule has 3 aromatic heterocycles. The number of ether oxygens (including phenoxy) is 1. The molecule has 0 spiro atoms. The van der Waals surface area contributed by atoms with Crippen molar-refractivity contribution in [1.29, 1.82) is 0 Å². The zero-order valence-corrected chi connectivity index (χ0v) is 34.0. The summed E-state index contributed by atoms with van der Waals surface area (Å²) >= 11 is 0. The summed E-state index contributed by atoms with van der Waals surface area (Å²) in [6.45, 7) is 9.18. The lowest BCUT2D eigenvalue weighted by Crippen LogP contribution is -2.51. The van der Waals surface area contributed by atoms with Crippen molar-refractivity contribution in [3.63, 3.8) is 0 Å². The molecule has 0 radical (unpaired) electrons. The quantitative estimate of drug-likeness (QED) is 0.0995. The normalized spacial score (nSPS) is 21.8. The van der Waals surface area contributed by atoms with Gasteiger partial charge in [-0.2, -0.15) is 0 Å². The van der Waals surface area contributed by atoms with Crippen molar-refractivity contribution in [1.82, 2.24) is 40.5 Å². The van der Waals surface area contributed by atoms with Crippen LogP contribution in [-0.4, -0.2) is 67.4 Å². The molecule has 3 fully saturated rings. The molecule has 3 amide bonds. The molecule has 2 aliphatic carbocycles. The standard InChI is InChI=1S/C46H54N8O4/c1-26(2)40-34(8-6-20-47-40)23-50-44(55)39-33-19-18-32(22-33)38(39)43-49-25-36(52-43)31-16-12-29(13-17-31)28-10-14-30(15-11-28)35-24-48-42(51-35)37-9-7-21-54(37)45(56)41(27(3)4)53-46(57)58-5/h6,8,10-17,20,24-27,32-33,37-39,41H,7,9,18-19,21-23H2,1-5H3,(H,48,51)(H,49,52)(H,50,55)(H,53,57)/t32?,33?,37-,38-,39-,41-/m0/s1. The summed E-state index contributed by atoms with van der Waals surface area (Å²) in [6.07, 6.45) is 9.90. The van der Waals surface area contributed by atoms with Crippen LogP contribution in [0.5, 0.6) is 0 Å². The van der Waals surface area contributed by atoms with Gasteiger partial charge in [-0.05, 0) is 89.7 Å². The third kappa shape index (κ3) is 7.76. The number of amides is 3. The van der Waals surface area contributed by atoms with Gasteiger partial charge in [0.25, 0.3) is 0 Å². The predicted octanol–water partition coefficient (Wildman–Crippen LogP) is 8.14. The summed E-state index contributed by atoms with van der Waals surface area (Å²) in [7, 11) is 1.30. The van der Waals surface area contributed by atoms with E-state index < -0.39 is 12.1 Å². The van der Waals surface area contributed by atoms with E-state index in [0.29, 0.717) is 30.8 Å². The Labute approximate surface area is 340 Å². The molecule has 2 unspecified atom stereocenters. The second-order valence-corrected chi connectivity index (χ2v) is 16.9. The summed E-state index contributed by atoms with van der Waals surface area (Å²) in [4.78, 5) is 62.4. The largest absolute Gasteiger partial charge is 0.453 e. The number of benzene rings is 2. The van der Waals surface area contributed by atoms with E-state index in [1.165, 1.54) is 7.11 Å². The zero-order chi connectivity index (χ0) is 40.5. The van der Waals surface area contributed by atoms with Crippen molar-refractivity contribution in [2.75, 3.05) is 13.7 Å². The number of methoxy groups -OCH3 is 1. The summed E-state index contributed by atoms with van der Waals surface area (Å²) < 4.78 is 4.77. The fraction of sp³-hybridized carbons (Fsp3) is 0.435. The molecular weight excluding hydrogens is 729 g/mol. The van der Waals surface area contributed by atoms with Crippen molar-refractivity contribution in [2.45, 2.75) is 90.3 Å². The van der Waals surface area contributed by atoms with E-state index in [0.717, 1.165) is 88.7 Å². The molecule has 4 N–H and O–H groups in total. The number of fused-ring (bicyclic) bond motifs is 2. The summed E-state index contributed by atoms with van der Waals surface area (Å²) in [5, 5.41) is 5.98. The van der Waals surface area contributed by atoms with Crippen molar-refractivity contribution in [3.05, 3.63) is 102 Å². The van der Waals surface area contributed by atoms with Crippen molar-refractivity contribution in [2.24, 2.45) is 23.7 Å². The van der Waals surface area contributed by atoms with Gasteiger partial charge in [0.15, 0.2) is 0 Å². The fourth-order valence-corrected chi connectivity index (χ4v) is 9.67. The van der Waals surface area contributed by atoms with Gasteiger partial charge in [0.2, 0.25) is 11.8 Å². The first kappa shape index (κ1) is 39.1. The molecule has 5 aromatic rings. The van der Waals surface area contributed by atoms with Gasteiger partial charge in [0.05, 0.1) is 42.9 Å². The second kappa shape index (κ2) is 16.6. The molecule has 3 aliphatic rings. The van der Waals surface area contributed by atoms with E-state index in [-0.39, 0.29) is 35.6 Å². The summed E-state index contributed by atoms with van der Waals surface area (Å²) in [6, 6.07) is 20.0. The molecule has 4 heterocycles. The van der Waals surface area contributed by atoms with Crippen LogP contribution in [0.3, 0.4) is 0 Å². The topological polar surface area (TPSA) is 158 Å². The number of likely N-dealkylation sites (tertiary alicyclic amines) is 1. The van der Waals surface area contributed by atoms with Gasteiger partial charge < -0.3 is 30.2 Å². The Morgan fingerprint density at radius 2 is 1.43 bits per heavy atom. The van der Waals surface area contributed by atoms with Gasteiger partial charge in [0.1, 0.15) is 17.7 Å². The van der Waals surface area contributed by atoms with Crippen LogP contribution >= 0.6 is 0 Å². The lowest BCUT2D eigenvalue weighted by atomic mass is 9.78. The monoisotopic (exact) mass is 782 g/mol. The van der Waals surface area contributed by atoms with E-state index >= 15 is 0 Å². The lowest BCUT2D eigenvalue weighted by Gasteiger charge is -2.30. The first-order valence-corrected chi connectivity index (χ1v) is 20.8. The highest BCUT2D eigenvalue weighted by Crippen LogP contribution is 2.56. The number of carbonyl (C=O) groups is 3. The van der Waals surface area contributed by atoms with Crippen molar-refractivity contribution >= 4 is 17.9 Å². The minimum absolute atomic E-state index is 0.0851. The highest BCUT2D eigenvalue weighted by molar-refractivity contribution is 5.86. The van der Waals surface area contributed by atoms with E-state index in [2.05, 4.69) is 94.0 Å². The van der Waals surface area contributed by atoms with E-state index in [9.17, 15) is 14.4 Å². The Balaban J connectivity index is 0.916. The van der Waals surface area contributed by atoms with Crippen LogP contribution in [0.4, 0.5) is 4.79 Å². The highest BCUT2D eigenvalue weighted by atomic mass is 16.5. The van der Waals surface area contributed by atoms with Crippen LogP contribution in [0, 0.1) is 23.7 Å². The Kier molecular flexibility index (Phi) is 11.2. The third-order valence-corrected chi connectivity index (χ3v) is 12.6. The number of aromatic amines is 2. The molecule has 2 aromatic carbocycles. The third-order valence-electron chi connectivity index (χ3n) is 12.6. The average molecular weight is 783 g/mol. The highest BCUT2D eigenvalue weighted by Gasteiger charge is 2.52. The lowest BCUT2D eigenvalue weighted by molar-refractivity contribution is -0.135. The van der Waals surface area contributed by atoms with Gasteiger partial charge in [-0.25, -0.2) is 14.8 Å². The van der Waals surface area contributed by atoms with Crippen LogP contribution in [0.25, 0.3) is 33.6 Å². The fourth-order valence-electron chi connectivity index (χ4n) is 9.67. The molecule has 2 bridgehead atoms. The Morgan fingerprint density at radius 3 is 2.07 bits per heavy atom. The van der Waals surface area contributed by atoms with Gasteiger partial charge in [-0.3, -0.25) is 14.6 Å². The van der Waals surface area contributed by atoms with Crippen LogP contribution < -0.4 is 10.6 Å². The average Bonchev–Trinajstić information content (AvgIpc) is 4.10. The van der Waals surface area contributed by atoms with Gasteiger partial charge in [0, 0.05) is 30.9 Å². The number of rotatable bonds is 12. The number of pyridine rings is 1. The molecule has 1 saturated heterocycles. The van der Waals surface area contributed by atoms with Crippen LogP contribution in [0.15, 0.2) is 79.3 Å². The predicted molar refractivity (Wildman–Crippen MR) is 222 cm³/mol. The number of imidazole rings is 2. The number of nitrogens with zero attached hydrogens (tertiary/aromatic N) is 4. The minimum atomic E-state index is -0.678. The van der Waals surface area contributed by atoms with Gasteiger partial charge in [-0.15, -0.1) is 0 Å². The maximum atomic E-state index is 13.8. The Hall–Kier alpha value is -5.78. The molecule has 8 rings (SSSR count).